The molecule has 0 bridgehead atoms. The Labute approximate surface area is 168 Å². The third-order valence-corrected chi connectivity index (χ3v) is 5.08. The fourth-order valence-corrected chi connectivity index (χ4v) is 3.53. The number of aromatic carboxylic acids is 1. The number of anilines is 1. The van der Waals surface area contributed by atoms with Gasteiger partial charge < -0.3 is 10.4 Å². The smallest absolute Gasteiger partial charge is 0.336 e. The number of hydrogen-bond donors (Lipinski definition) is 2. The maximum absolute atomic E-state index is 13.2. The van der Waals surface area contributed by atoms with Gasteiger partial charge in [0.2, 0.25) is 0 Å². The maximum Gasteiger partial charge on any atom is 0.336 e. The van der Waals surface area contributed by atoms with E-state index in [9.17, 15) is 23.9 Å². The third-order valence-electron chi connectivity index (χ3n) is 4.43. The van der Waals surface area contributed by atoms with Gasteiger partial charge in [0.1, 0.15) is 5.82 Å². The molecular weight excluding hydrogens is 431 g/mol. The zero-order valence-electron chi connectivity index (χ0n) is 14.8. The molecule has 0 fully saturated rings. The Morgan fingerprint density at radius 3 is 2.57 bits per heavy atom. The summed E-state index contributed by atoms with van der Waals surface area (Å²) in [6, 6.07) is 7.42. The van der Waals surface area contributed by atoms with Crippen molar-refractivity contribution in [2.75, 3.05) is 5.32 Å². The van der Waals surface area contributed by atoms with Crippen molar-refractivity contribution in [1.82, 2.24) is 4.90 Å². The van der Waals surface area contributed by atoms with Crippen LogP contribution in [-0.2, 0) is 4.79 Å². The number of carboxylic acids is 1. The molecule has 1 aliphatic heterocycles. The molecule has 144 valence electrons. The quantitative estimate of drug-likeness (QED) is 0.717. The summed E-state index contributed by atoms with van der Waals surface area (Å²) in [7, 11) is 0. The van der Waals surface area contributed by atoms with E-state index in [2.05, 4.69) is 21.2 Å². The first kappa shape index (κ1) is 19.8. The summed E-state index contributed by atoms with van der Waals surface area (Å²) in [6.07, 6.45) is 2.73. The summed E-state index contributed by atoms with van der Waals surface area (Å²) >= 11 is 3.32. The molecular formula is C20H16BrFN2O4. The molecule has 1 atom stereocenters. The van der Waals surface area contributed by atoms with Crippen LogP contribution in [-0.4, -0.2) is 27.8 Å². The monoisotopic (exact) mass is 446 g/mol. The number of hydrogen-bond acceptors (Lipinski definition) is 3. The predicted molar refractivity (Wildman–Crippen MR) is 105 cm³/mol. The zero-order chi connectivity index (χ0) is 20.4. The van der Waals surface area contributed by atoms with Crippen LogP contribution in [0.5, 0.6) is 0 Å². The second-order valence-electron chi connectivity index (χ2n) is 6.34. The van der Waals surface area contributed by atoms with Crippen LogP contribution in [0, 0.1) is 12.7 Å². The number of halogens is 2. The van der Waals surface area contributed by atoms with Crippen molar-refractivity contribution < 1.29 is 23.9 Å². The van der Waals surface area contributed by atoms with Crippen LogP contribution in [0.25, 0.3) is 0 Å². The summed E-state index contributed by atoms with van der Waals surface area (Å²) in [6.45, 7) is 1.66. The van der Waals surface area contributed by atoms with Crippen LogP contribution >= 0.6 is 15.9 Å². The van der Waals surface area contributed by atoms with Crippen molar-refractivity contribution in [2.45, 2.75) is 19.4 Å². The number of carbonyl (C=O) groups excluding carboxylic acids is 2. The Kier molecular flexibility index (Phi) is 5.60. The Morgan fingerprint density at radius 2 is 1.93 bits per heavy atom. The number of urea groups is 1. The van der Waals surface area contributed by atoms with Crippen molar-refractivity contribution >= 4 is 39.4 Å². The zero-order valence-corrected chi connectivity index (χ0v) is 16.4. The lowest BCUT2D eigenvalue weighted by Crippen LogP contribution is -2.37. The molecule has 0 saturated carbocycles. The van der Waals surface area contributed by atoms with E-state index in [-0.39, 0.29) is 23.5 Å². The van der Waals surface area contributed by atoms with E-state index in [0.29, 0.717) is 15.6 Å². The van der Waals surface area contributed by atoms with Gasteiger partial charge in [0.25, 0.3) is 0 Å². The Bertz CT molecular complexity index is 988. The molecule has 2 aromatic carbocycles. The number of nitrogens with zero attached hydrogens (tertiary/aromatic N) is 1. The minimum absolute atomic E-state index is 0.0605. The minimum atomic E-state index is -1.10. The number of carboxylic acid groups (broad SMARTS) is 1. The van der Waals surface area contributed by atoms with Gasteiger partial charge in [-0.15, -0.1) is 0 Å². The van der Waals surface area contributed by atoms with E-state index in [0.717, 1.165) is 0 Å². The van der Waals surface area contributed by atoms with Gasteiger partial charge in [-0.05, 0) is 64.3 Å². The van der Waals surface area contributed by atoms with Crippen LogP contribution in [0.15, 0.2) is 53.1 Å². The molecule has 8 heteroatoms. The molecule has 2 aromatic rings. The average molecular weight is 447 g/mol. The third kappa shape index (κ3) is 4.12. The highest BCUT2D eigenvalue weighted by molar-refractivity contribution is 9.10. The van der Waals surface area contributed by atoms with Gasteiger partial charge in [-0.25, -0.2) is 14.0 Å². The maximum atomic E-state index is 13.2. The minimum Gasteiger partial charge on any atom is -0.478 e. The molecule has 0 unspecified atom stereocenters. The van der Waals surface area contributed by atoms with E-state index in [1.54, 1.807) is 13.0 Å². The molecule has 0 aliphatic carbocycles. The summed E-state index contributed by atoms with van der Waals surface area (Å²) in [5.74, 6) is -1.67. The Morgan fingerprint density at radius 1 is 1.25 bits per heavy atom. The highest BCUT2D eigenvalue weighted by atomic mass is 79.9. The van der Waals surface area contributed by atoms with Gasteiger partial charge in [-0.2, -0.15) is 0 Å². The van der Waals surface area contributed by atoms with Crippen LogP contribution in [0.3, 0.4) is 0 Å². The normalized spacial score (nSPS) is 16.2. The summed E-state index contributed by atoms with van der Waals surface area (Å²) in [4.78, 5) is 37.4. The first-order valence-corrected chi connectivity index (χ1v) is 9.15. The molecule has 28 heavy (non-hydrogen) atoms. The summed E-state index contributed by atoms with van der Waals surface area (Å²) in [5, 5.41) is 12.0. The highest BCUT2D eigenvalue weighted by Crippen LogP contribution is 2.31. The molecule has 0 saturated heterocycles. The first-order valence-electron chi connectivity index (χ1n) is 8.35. The first-order chi connectivity index (χ1) is 13.3. The van der Waals surface area contributed by atoms with E-state index in [4.69, 9.17) is 0 Å². The van der Waals surface area contributed by atoms with Crippen molar-refractivity contribution in [3.63, 3.8) is 0 Å². The van der Waals surface area contributed by atoms with E-state index >= 15 is 0 Å². The van der Waals surface area contributed by atoms with Crippen LogP contribution in [0.1, 0.15) is 33.9 Å². The van der Waals surface area contributed by atoms with Crippen molar-refractivity contribution in [1.29, 1.82) is 0 Å². The van der Waals surface area contributed by atoms with E-state index in [1.165, 1.54) is 47.5 Å². The second-order valence-corrected chi connectivity index (χ2v) is 7.20. The van der Waals surface area contributed by atoms with Gasteiger partial charge >= 0.3 is 12.0 Å². The molecule has 2 amide bonds. The Hall–Kier alpha value is -3.00. The van der Waals surface area contributed by atoms with E-state index < -0.39 is 23.9 Å². The molecule has 6 nitrogen and oxygen atoms in total. The number of benzene rings is 2. The number of allylic oxidation sites excluding steroid dienone is 1. The van der Waals surface area contributed by atoms with Crippen molar-refractivity contribution in [3.8, 4) is 0 Å². The lowest BCUT2D eigenvalue weighted by molar-refractivity contribution is -0.116. The summed E-state index contributed by atoms with van der Waals surface area (Å²) in [5.41, 5.74) is 1.52. The lowest BCUT2D eigenvalue weighted by atomic mass is 9.97. The van der Waals surface area contributed by atoms with Crippen LogP contribution in [0.4, 0.5) is 14.9 Å². The van der Waals surface area contributed by atoms with Crippen molar-refractivity contribution in [2.24, 2.45) is 0 Å². The fourth-order valence-electron chi connectivity index (χ4n) is 2.98. The topological polar surface area (TPSA) is 86.7 Å². The molecule has 1 heterocycles. The number of aryl methyl sites for hydroxylation is 1. The van der Waals surface area contributed by atoms with Crippen LogP contribution < -0.4 is 5.32 Å². The summed E-state index contributed by atoms with van der Waals surface area (Å²) < 4.78 is 13.8. The molecule has 3 rings (SSSR count). The average Bonchev–Trinajstić information content (AvgIpc) is 2.64. The van der Waals surface area contributed by atoms with Gasteiger partial charge in [-0.1, -0.05) is 12.1 Å². The molecule has 0 spiro atoms. The van der Waals surface area contributed by atoms with E-state index in [1.807, 2.05) is 0 Å². The lowest BCUT2D eigenvalue weighted by Gasteiger charge is -2.31. The van der Waals surface area contributed by atoms with Crippen molar-refractivity contribution in [3.05, 3.63) is 75.7 Å². The standard InChI is InChI=1S/C20H16BrFN2O4/c1-11-8-16(21)17(10-15(11)19(26)27)23-20(28)24-7-6-14(25)9-18(24)12-2-4-13(22)5-3-12/h2-8,10,18H,9H2,1H3,(H,23,28)(H,26,27)/t18-/m0/s1. The number of nitrogens with one attached hydrogen (secondary N) is 1. The number of carbonyl (C=O) groups is 3. The largest absolute Gasteiger partial charge is 0.478 e. The van der Waals surface area contributed by atoms with Gasteiger partial charge in [-0.3, -0.25) is 9.69 Å². The molecule has 1 aliphatic rings. The van der Waals surface area contributed by atoms with Gasteiger partial charge in [0.05, 0.1) is 17.3 Å². The van der Waals surface area contributed by atoms with Gasteiger partial charge in [0.15, 0.2) is 5.78 Å². The number of amides is 2. The fraction of sp³-hybridized carbons (Fsp3) is 0.150. The van der Waals surface area contributed by atoms with Crippen LogP contribution in [0.2, 0.25) is 0 Å². The predicted octanol–water partition coefficient (Wildman–Crippen LogP) is 4.66. The number of rotatable bonds is 3. The van der Waals surface area contributed by atoms with Gasteiger partial charge in [0, 0.05) is 17.1 Å². The number of ketones is 1. The Balaban J connectivity index is 1.91. The highest BCUT2D eigenvalue weighted by Gasteiger charge is 2.29. The molecule has 0 aromatic heterocycles. The molecule has 2 N–H and O–H groups in total. The second kappa shape index (κ2) is 7.93. The molecule has 0 radical (unpaired) electrons. The SMILES string of the molecule is Cc1cc(Br)c(NC(=O)N2C=CC(=O)C[C@H]2c2ccc(F)cc2)cc1C(=O)O.